The molecule has 114 valence electrons. The number of hydrogen-bond donors (Lipinski definition) is 0. The lowest BCUT2D eigenvalue weighted by molar-refractivity contribution is 0.546. The second-order valence-electron chi connectivity index (χ2n) is 5.35. The maximum absolute atomic E-state index is 5.75. The predicted octanol–water partition coefficient (Wildman–Crippen LogP) is 5.89. The minimum absolute atomic E-state index is 0. The van der Waals surface area contributed by atoms with E-state index in [1.165, 1.54) is 11.1 Å². The van der Waals surface area contributed by atoms with Gasteiger partial charge >= 0.3 is 0 Å². The molecule has 0 N–H and O–H groups in total. The van der Waals surface area contributed by atoms with Crippen molar-refractivity contribution in [3.63, 3.8) is 0 Å². The van der Waals surface area contributed by atoms with Gasteiger partial charge in [0.15, 0.2) is 5.76 Å². The van der Waals surface area contributed by atoms with Crippen LogP contribution in [-0.4, -0.2) is 4.98 Å². The molecule has 23 heavy (non-hydrogen) atoms. The molecule has 0 saturated heterocycles. The van der Waals surface area contributed by atoms with Crippen LogP contribution in [0.2, 0.25) is 0 Å². The van der Waals surface area contributed by atoms with Crippen LogP contribution in [-0.2, 0) is 0 Å². The van der Waals surface area contributed by atoms with Crippen LogP contribution in [0.1, 0.15) is 5.76 Å². The molecule has 2 aromatic carbocycles. The monoisotopic (exact) mass is 321 g/mol. The molecule has 0 saturated carbocycles. The summed E-state index contributed by atoms with van der Waals surface area (Å²) >= 11 is 0. The molecule has 4 rings (SSSR count). The third kappa shape index (κ3) is 2.86. The van der Waals surface area contributed by atoms with Crippen molar-refractivity contribution < 1.29 is 4.42 Å². The van der Waals surface area contributed by atoms with Crippen molar-refractivity contribution in [2.24, 2.45) is 0 Å². The Bertz CT molecular complexity index is 944. The third-order valence-corrected chi connectivity index (χ3v) is 3.79. The third-order valence-electron chi connectivity index (χ3n) is 3.79. The van der Waals surface area contributed by atoms with Crippen LogP contribution < -0.4 is 0 Å². The first-order valence-electron chi connectivity index (χ1n) is 7.33. The molecule has 4 aromatic rings. The van der Waals surface area contributed by atoms with Crippen LogP contribution in [0, 0.1) is 6.92 Å². The number of fused-ring (bicyclic) bond motifs is 1. The molecule has 0 spiro atoms. The largest absolute Gasteiger partial charge is 0.460 e. The Morgan fingerprint density at radius 2 is 1.57 bits per heavy atom. The number of furan rings is 1. The zero-order valence-electron chi connectivity index (χ0n) is 12.7. The minimum Gasteiger partial charge on any atom is -0.460 e. The summed E-state index contributed by atoms with van der Waals surface area (Å²) in [4.78, 5) is 4.75. The first kappa shape index (κ1) is 15.3. The van der Waals surface area contributed by atoms with Gasteiger partial charge < -0.3 is 4.42 Å². The van der Waals surface area contributed by atoms with Crippen LogP contribution in [0.15, 0.2) is 77.2 Å². The Balaban J connectivity index is 0.00000156. The maximum Gasteiger partial charge on any atom is 0.152 e. The molecular formula is C20H16ClNO. The number of para-hydroxylation sites is 1. The minimum atomic E-state index is 0. The molecule has 0 radical (unpaired) electrons. The molecule has 2 nitrogen and oxygen atoms in total. The van der Waals surface area contributed by atoms with Gasteiger partial charge in [0.05, 0.1) is 5.52 Å². The number of rotatable bonds is 2. The van der Waals surface area contributed by atoms with Crippen molar-refractivity contribution in [2.45, 2.75) is 6.92 Å². The van der Waals surface area contributed by atoms with E-state index in [1.54, 1.807) is 0 Å². The van der Waals surface area contributed by atoms with Crippen LogP contribution in [0.5, 0.6) is 0 Å². The standard InChI is InChI=1S/C20H15NO.ClH/c1-14-11-12-20(22-14)19-13-17(15-7-3-2-4-8-15)16-9-5-6-10-18(16)21-19;/h2-13H,1H3;1H. The van der Waals surface area contributed by atoms with Crippen LogP contribution in [0.4, 0.5) is 0 Å². The van der Waals surface area contributed by atoms with Gasteiger partial charge in [0, 0.05) is 5.39 Å². The number of hydrogen-bond acceptors (Lipinski definition) is 2. The number of nitrogens with zero attached hydrogens (tertiary/aromatic N) is 1. The first-order valence-corrected chi connectivity index (χ1v) is 7.33. The van der Waals surface area contributed by atoms with Gasteiger partial charge in [0.2, 0.25) is 0 Å². The van der Waals surface area contributed by atoms with Gasteiger partial charge in [-0.3, -0.25) is 0 Å². The zero-order valence-corrected chi connectivity index (χ0v) is 13.5. The van der Waals surface area contributed by atoms with Crippen LogP contribution >= 0.6 is 12.4 Å². The van der Waals surface area contributed by atoms with E-state index in [9.17, 15) is 0 Å². The summed E-state index contributed by atoms with van der Waals surface area (Å²) in [7, 11) is 0. The topological polar surface area (TPSA) is 26.0 Å². The molecule has 0 aliphatic rings. The molecule has 2 aromatic heterocycles. The van der Waals surface area contributed by atoms with E-state index in [0.29, 0.717) is 0 Å². The number of halogens is 1. The molecular weight excluding hydrogens is 306 g/mol. The summed E-state index contributed by atoms with van der Waals surface area (Å²) in [6.45, 7) is 1.95. The maximum atomic E-state index is 5.75. The second-order valence-corrected chi connectivity index (χ2v) is 5.35. The Morgan fingerprint density at radius 3 is 2.30 bits per heavy atom. The number of benzene rings is 2. The van der Waals surface area contributed by atoms with Gasteiger partial charge in [0.1, 0.15) is 11.5 Å². The highest BCUT2D eigenvalue weighted by atomic mass is 35.5. The molecule has 0 amide bonds. The molecule has 0 atom stereocenters. The Labute approximate surface area is 141 Å². The highest BCUT2D eigenvalue weighted by Crippen LogP contribution is 2.32. The fourth-order valence-electron chi connectivity index (χ4n) is 2.73. The highest BCUT2D eigenvalue weighted by Gasteiger charge is 2.11. The van der Waals surface area contributed by atoms with Crippen molar-refractivity contribution in [3.05, 3.63) is 78.6 Å². The second kappa shape index (κ2) is 6.27. The van der Waals surface area contributed by atoms with Crippen LogP contribution in [0.25, 0.3) is 33.5 Å². The van der Waals surface area contributed by atoms with E-state index < -0.39 is 0 Å². The summed E-state index contributed by atoms with van der Waals surface area (Å²) in [5.74, 6) is 1.70. The SMILES string of the molecule is Cc1ccc(-c2cc(-c3ccccc3)c3ccccc3n2)o1.Cl. The average Bonchev–Trinajstić information content (AvgIpc) is 3.01. The lowest BCUT2D eigenvalue weighted by atomic mass is 10.00. The van der Waals surface area contributed by atoms with Crippen LogP contribution in [0.3, 0.4) is 0 Å². The Hall–Kier alpha value is -2.58. The highest BCUT2D eigenvalue weighted by molar-refractivity contribution is 5.96. The van der Waals surface area contributed by atoms with E-state index >= 15 is 0 Å². The molecule has 2 heterocycles. The number of aryl methyl sites for hydroxylation is 1. The quantitative estimate of drug-likeness (QED) is 0.460. The van der Waals surface area contributed by atoms with Gasteiger partial charge in [-0.15, -0.1) is 12.4 Å². The van der Waals surface area contributed by atoms with E-state index in [-0.39, 0.29) is 12.4 Å². The van der Waals surface area contributed by atoms with Gasteiger partial charge in [-0.1, -0.05) is 48.5 Å². The molecule has 0 aliphatic carbocycles. The summed E-state index contributed by atoms with van der Waals surface area (Å²) in [6.07, 6.45) is 0. The zero-order chi connectivity index (χ0) is 14.9. The smallest absolute Gasteiger partial charge is 0.152 e. The molecule has 0 fully saturated rings. The Morgan fingerprint density at radius 1 is 0.826 bits per heavy atom. The normalized spacial score (nSPS) is 10.5. The lowest BCUT2D eigenvalue weighted by Crippen LogP contribution is -1.88. The van der Waals surface area contributed by atoms with Crippen molar-refractivity contribution in [2.75, 3.05) is 0 Å². The van der Waals surface area contributed by atoms with Crippen molar-refractivity contribution in [1.29, 1.82) is 0 Å². The fourth-order valence-corrected chi connectivity index (χ4v) is 2.73. The van der Waals surface area contributed by atoms with E-state index in [2.05, 4.69) is 36.4 Å². The van der Waals surface area contributed by atoms with E-state index in [1.807, 2.05) is 43.3 Å². The number of aromatic nitrogens is 1. The predicted molar refractivity (Wildman–Crippen MR) is 96.9 cm³/mol. The fraction of sp³-hybridized carbons (Fsp3) is 0.0500. The molecule has 0 aliphatic heterocycles. The van der Waals surface area contributed by atoms with Crippen molar-refractivity contribution in [1.82, 2.24) is 4.98 Å². The Kier molecular flexibility index (Phi) is 4.18. The van der Waals surface area contributed by atoms with Crippen molar-refractivity contribution >= 4 is 23.3 Å². The van der Waals surface area contributed by atoms with Gasteiger partial charge in [-0.2, -0.15) is 0 Å². The first-order chi connectivity index (χ1) is 10.8. The average molecular weight is 322 g/mol. The lowest BCUT2D eigenvalue weighted by Gasteiger charge is -2.09. The van der Waals surface area contributed by atoms with E-state index in [0.717, 1.165) is 28.1 Å². The summed E-state index contributed by atoms with van der Waals surface area (Å²) in [5, 5.41) is 1.15. The van der Waals surface area contributed by atoms with Crippen molar-refractivity contribution in [3.8, 4) is 22.6 Å². The molecule has 3 heteroatoms. The summed E-state index contributed by atoms with van der Waals surface area (Å²) in [6, 6.07) is 24.7. The van der Waals surface area contributed by atoms with E-state index in [4.69, 9.17) is 9.40 Å². The molecule has 0 unspecified atom stereocenters. The van der Waals surface area contributed by atoms with Gasteiger partial charge in [-0.05, 0) is 42.3 Å². The summed E-state index contributed by atoms with van der Waals surface area (Å²) in [5.41, 5.74) is 4.21. The van der Waals surface area contributed by atoms with Gasteiger partial charge in [-0.25, -0.2) is 4.98 Å². The molecule has 0 bridgehead atoms. The number of pyridine rings is 1. The van der Waals surface area contributed by atoms with Gasteiger partial charge in [0.25, 0.3) is 0 Å². The summed E-state index contributed by atoms with van der Waals surface area (Å²) < 4.78 is 5.75.